The molecule has 0 unspecified atom stereocenters. The van der Waals surface area contributed by atoms with Gasteiger partial charge in [0, 0.05) is 5.39 Å². The predicted molar refractivity (Wildman–Crippen MR) is 76.7 cm³/mol. The van der Waals surface area contributed by atoms with Crippen LogP contribution in [0.5, 0.6) is 0 Å². The van der Waals surface area contributed by atoms with Crippen LogP contribution in [0.15, 0.2) is 18.2 Å². The highest BCUT2D eigenvalue weighted by Gasteiger charge is 2.10. The SMILES string of the molecule is CCc1nc(C(N)=O)nc2ccc(C)cc12.Cl.Cl. The van der Waals surface area contributed by atoms with Crippen molar-refractivity contribution in [2.45, 2.75) is 20.3 Å². The fourth-order valence-corrected chi connectivity index (χ4v) is 1.69. The minimum absolute atomic E-state index is 0. The van der Waals surface area contributed by atoms with Crippen LogP contribution in [0.25, 0.3) is 10.9 Å². The quantitative estimate of drug-likeness (QED) is 0.922. The number of nitrogens with zero attached hydrogens (tertiary/aromatic N) is 2. The molecule has 0 aliphatic heterocycles. The topological polar surface area (TPSA) is 68.9 Å². The number of hydrogen-bond acceptors (Lipinski definition) is 3. The highest BCUT2D eigenvalue weighted by Crippen LogP contribution is 2.18. The second-order valence-electron chi connectivity index (χ2n) is 3.73. The molecule has 0 bridgehead atoms. The summed E-state index contributed by atoms with van der Waals surface area (Å²) in [5.74, 6) is -0.495. The van der Waals surface area contributed by atoms with E-state index in [1.54, 1.807) is 0 Å². The van der Waals surface area contributed by atoms with Gasteiger partial charge in [-0.25, -0.2) is 9.97 Å². The zero-order valence-corrected chi connectivity index (χ0v) is 11.8. The maximum Gasteiger partial charge on any atom is 0.286 e. The van der Waals surface area contributed by atoms with Gasteiger partial charge in [0.15, 0.2) is 0 Å². The van der Waals surface area contributed by atoms with Gasteiger partial charge in [-0.15, -0.1) is 24.8 Å². The molecule has 2 aromatic rings. The number of nitrogens with two attached hydrogens (primary N) is 1. The molecule has 1 heterocycles. The molecule has 0 aliphatic carbocycles. The van der Waals surface area contributed by atoms with Crippen LogP contribution in [0.3, 0.4) is 0 Å². The van der Waals surface area contributed by atoms with Crippen molar-refractivity contribution in [2.24, 2.45) is 5.73 Å². The Kier molecular flexibility index (Phi) is 6.01. The van der Waals surface area contributed by atoms with Crippen molar-refractivity contribution >= 4 is 41.6 Å². The van der Waals surface area contributed by atoms with Gasteiger partial charge >= 0.3 is 0 Å². The number of amides is 1. The molecule has 2 N–H and O–H groups in total. The van der Waals surface area contributed by atoms with E-state index in [0.717, 1.165) is 28.6 Å². The minimum Gasteiger partial charge on any atom is -0.363 e. The fourth-order valence-electron chi connectivity index (χ4n) is 1.69. The van der Waals surface area contributed by atoms with Gasteiger partial charge in [-0.2, -0.15) is 0 Å². The van der Waals surface area contributed by atoms with Crippen LogP contribution in [-0.4, -0.2) is 15.9 Å². The second-order valence-corrected chi connectivity index (χ2v) is 3.73. The number of benzene rings is 1. The molecule has 2 rings (SSSR count). The van der Waals surface area contributed by atoms with Crippen LogP contribution in [-0.2, 0) is 6.42 Å². The van der Waals surface area contributed by atoms with Gasteiger partial charge in [-0.05, 0) is 25.5 Å². The fraction of sp³-hybridized carbons (Fsp3) is 0.250. The van der Waals surface area contributed by atoms with Crippen LogP contribution in [0, 0.1) is 6.92 Å². The number of carbonyl (C=O) groups is 1. The predicted octanol–water partition coefficient (Wildman–Crippen LogP) is 2.44. The van der Waals surface area contributed by atoms with E-state index in [4.69, 9.17) is 5.73 Å². The highest BCUT2D eigenvalue weighted by atomic mass is 35.5. The number of primary amides is 1. The van der Waals surface area contributed by atoms with Crippen LogP contribution in [0.4, 0.5) is 0 Å². The first-order chi connectivity index (χ1) is 7.61. The Morgan fingerprint density at radius 1 is 1.28 bits per heavy atom. The number of aromatic nitrogens is 2. The van der Waals surface area contributed by atoms with Gasteiger partial charge in [0.25, 0.3) is 5.91 Å². The van der Waals surface area contributed by atoms with E-state index in [9.17, 15) is 4.79 Å². The van der Waals surface area contributed by atoms with Crippen molar-refractivity contribution in [3.8, 4) is 0 Å². The number of fused-ring (bicyclic) bond motifs is 1. The van der Waals surface area contributed by atoms with Crippen molar-refractivity contribution in [1.82, 2.24) is 9.97 Å². The average Bonchev–Trinajstić information content (AvgIpc) is 2.27. The van der Waals surface area contributed by atoms with E-state index in [-0.39, 0.29) is 30.6 Å². The standard InChI is InChI=1S/C12H13N3O.2ClH/c1-3-9-8-6-7(2)4-5-10(8)15-12(14-9)11(13)16;;/h4-6H,3H2,1-2H3,(H2,13,16);2*1H. The smallest absolute Gasteiger partial charge is 0.286 e. The van der Waals surface area contributed by atoms with Gasteiger partial charge in [0.05, 0.1) is 11.2 Å². The second kappa shape index (κ2) is 6.52. The molecule has 0 radical (unpaired) electrons. The van der Waals surface area contributed by atoms with Crippen molar-refractivity contribution in [3.63, 3.8) is 0 Å². The van der Waals surface area contributed by atoms with Gasteiger partial charge in [-0.1, -0.05) is 18.6 Å². The molecular formula is C12H15Cl2N3O. The molecular weight excluding hydrogens is 273 g/mol. The summed E-state index contributed by atoms with van der Waals surface area (Å²) in [4.78, 5) is 19.4. The monoisotopic (exact) mass is 287 g/mol. The Hall–Kier alpha value is -1.39. The van der Waals surface area contributed by atoms with Gasteiger partial charge in [0.2, 0.25) is 5.82 Å². The maximum absolute atomic E-state index is 11.1. The summed E-state index contributed by atoms with van der Waals surface area (Å²) in [5.41, 5.74) is 7.98. The molecule has 0 saturated carbocycles. The lowest BCUT2D eigenvalue weighted by atomic mass is 10.1. The molecule has 0 atom stereocenters. The first-order valence-corrected chi connectivity index (χ1v) is 5.19. The molecule has 1 aromatic carbocycles. The summed E-state index contributed by atoms with van der Waals surface area (Å²) in [7, 11) is 0. The number of aryl methyl sites for hydroxylation is 2. The number of carbonyl (C=O) groups excluding carboxylic acids is 1. The third-order valence-electron chi connectivity index (χ3n) is 2.49. The van der Waals surface area contributed by atoms with E-state index in [2.05, 4.69) is 9.97 Å². The first-order valence-electron chi connectivity index (χ1n) is 5.19. The molecule has 1 aromatic heterocycles. The van der Waals surface area contributed by atoms with Crippen LogP contribution < -0.4 is 5.73 Å². The molecule has 98 valence electrons. The van der Waals surface area contributed by atoms with Crippen molar-refractivity contribution in [2.75, 3.05) is 0 Å². The van der Waals surface area contributed by atoms with Gasteiger partial charge in [0.1, 0.15) is 0 Å². The van der Waals surface area contributed by atoms with E-state index < -0.39 is 5.91 Å². The lowest BCUT2D eigenvalue weighted by molar-refractivity contribution is 0.0990. The van der Waals surface area contributed by atoms with E-state index in [1.165, 1.54) is 0 Å². The summed E-state index contributed by atoms with van der Waals surface area (Å²) in [5, 5.41) is 0.993. The normalized spacial score (nSPS) is 9.44. The third kappa shape index (κ3) is 3.09. The largest absolute Gasteiger partial charge is 0.363 e. The molecule has 4 nitrogen and oxygen atoms in total. The van der Waals surface area contributed by atoms with Crippen molar-refractivity contribution < 1.29 is 4.79 Å². The highest BCUT2D eigenvalue weighted by molar-refractivity contribution is 5.92. The van der Waals surface area contributed by atoms with Crippen molar-refractivity contribution in [3.05, 3.63) is 35.3 Å². The Bertz CT molecular complexity index is 572. The Morgan fingerprint density at radius 2 is 1.94 bits per heavy atom. The average molecular weight is 288 g/mol. The van der Waals surface area contributed by atoms with Crippen LogP contribution in [0.2, 0.25) is 0 Å². The summed E-state index contributed by atoms with van der Waals surface area (Å²) in [6.07, 6.45) is 0.753. The van der Waals surface area contributed by atoms with E-state index >= 15 is 0 Å². The number of hydrogen-bond donors (Lipinski definition) is 1. The molecule has 0 spiro atoms. The number of rotatable bonds is 2. The van der Waals surface area contributed by atoms with Crippen LogP contribution >= 0.6 is 24.8 Å². The first kappa shape index (κ1) is 16.6. The Morgan fingerprint density at radius 3 is 2.50 bits per heavy atom. The zero-order valence-electron chi connectivity index (χ0n) is 10.1. The minimum atomic E-state index is -0.586. The lowest BCUT2D eigenvalue weighted by Gasteiger charge is -2.05. The zero-order chi connectivity index (χ0) is 11.7. The maximum atomic E-state index is 11.1. The molecule has 6 heteroatoms. The van der Waals surface area contributed by atoms with Gasteiger partial charge < -0.3 is 5.73 Å². The molecule has 1 amide bonds. The Labute approximate surface area is 118 Å². The molecule has 0 aliphatic rings. The lowest BCUT2D eigenvalue weighted by Crippen LogP contribution is -2.16. The van der Waals surface area contributed by atoms with Crippen LogP contribution in [0.1, 0.15) is 28.8 Å². The number of halogens is 2. The third-order valence-corrected chi connectivity index (χ3v) is 2.49. The summed E-state index contributed by atoms with van der Waals surface area (Å²) < 4.78 is 0. The van der Waals surface area contributed by atoms with Gasteiger partial charge in [-0.3, -0.25) is 4.79 Å². The Balaban J connectivity index is 0.00000144. The molecule has 0 saturated heterocycles. The summed E-state index contributed by atoms with van der Waals surface area (Å²) in [6, 6.07) is 5.87. The van der Waals surface area contributed by atoms with E-state index in [0.29, 0.717) is 0 Å². The molecule has 0 fully saturated rings. The van der Waals surface area contributed by atoms with Crippen molar-refractivity contribution in [1.29, 1.82) is 0 Å². The summed E-state index contributed by atoms with van der Waals surface area (Å²) >= 11 is 0. The summed E-state index contributed by atoms with van der Waals surface area (Å²) in [6.45, 7) is 4.01. The molecule has 18 heavy (non-hydrogen) atoms. The van der Waals surface area contributed by atoms with E-state index in [1.807, 2.05) is 32.0 Å².